The van der Waals surface area contributed by atoms with E-state index in [9.17, 15) is 13.2 Å². The predicted molar refractivity (Wildman–Crippen MR) is 122 cm³/mol. The summed E-state index contributed by atoms with van der Waals surface area (Å²) in [4.78, 5) is 12.1. The topological polar surface area (TPSA) is 84.2 Å². The SMILES string of the molecule is CCN1CCC(c2cnc(-c3[nH]nc(-c4cc(OC)c5ncnn5c4)c3CC(F)(F)F)s2)CC1. The molecule has 0 radical (unpaired) electrons. The summed E-state index contributed by atoms with van der Waals surface area (Å²) in [5.41, 5.74) is 1.46. The zero-order valence-corrected chi connectivity index (χ0v) is 19.6. The van der Waals surface area contributed by atoms with Crippen molar-refractivity contribution in [3.8, 4) is 27.7 Å². The highest BCUT2D eigenvalue weighted by atomic mass is 32.1. The number of aromatic amines is 1. The highest BCUT2D eigenvalue weighted by Crippen LogP contribution is 2.40. The van der Waals surface area contributed by atoms with E-state index in [1.807, 2.05) is 0 Å². The van der Waals surface area contributed by atoms with Crippen molar-refractivity contribution < 1.29 is 17.9 Å². The van der Waals surface area contributed by atoms with Crippen molar-refractivity contribution in [2.75, 3.05) is 26.7 Å². The number of fused-ring (bicyclic) bond motifs is 1. The molecule has 1 saturated heterocycles. The summed E-state index contributed by atoms with van der Waals surface area (Å²) in [6.45, 7) is 5.23. The fourth-order valence-electron chi connectivity index (χ4n) is 4.45. The number of thiazole rings is 1. The van der Waals surface area contributed by atoms with Crippen molar-refractivity contribution in [2.24, 2.45) is 0 Å². The average Bonchev–Trinajstić information content (AvgIpc) is 3.57. The summed E-state index contributed by atoms with van der Waals surface area (Å²) >= 11 is 1.44. The van der Waals surface area contributed by atoms with E-state index in [2.05, 4.69) is 37.1 Å². The van der Waals surface area contributed by atoms with Gasteiger partial charge in [0.15, 0.2) is 11.4 Å². The van der Waals surface area contributed by atoms with Crippen molar-refractivity contribution in [1.29, 1.82) is 0 Å². The summed E-state index contributed by atoms with van der Waals surface area (Å²) < 4.78 is 47.7. The Balaban J connectivity index is 1.53. The fraction of sp³-hybridized carbons (Fsp3) is 0.455. The smallest absolute Gasteiger partial charge is 0.393 e. The molecule has 4 aromatic rings. The van der Waals surface area contributed by atoms with E-state index < -0.39 is 12.6 Å². The van der Waals surface area contributed by atoms with Crippen LogP contribution in [-0.4, -0.2) is 67.6 Å². The molecule has 0 saturated carbocycles. The van der Waals surface area contributed by atoms with E-state index in [1.54, 1.807) is 18.5 Å². The number of nitrogens with zero attached hydrogens (tertiary/aromatic N) is 6. The van der Waals surface area contributed by atoms with Gasteiger partial charge in [-0.05, 0) is 44.5 Å². The first kappa shape index (κ1) is 22.8. The van der Waals surface area contributed by atoms with Gasteiger partial charge in [0.25, 0.3) is 0 Å². The van der Waals surface area contributed by atoms with Crippen LogP contribution < -0.4 is 4.74 Å². The highest BCUT2D eigenvalue weighted by Gasteiger charge is 2.33. The first-order valence-corrected chi connectivity index (χ1v) is 11.9. The minimum Gasteiger partial charge on any atom is -0.493 e. The Labute approximate surface area is 197 Å². The average molecular weight is 492 g/mol. The summed E-state index contributed by atoms with van der Waals surface area (Å²) in [6, 6.07) is 1.62. The molecule has 0 spiro atoms. The maximum absolute atomic E-state index is 13.6. The summed E-state index contributed by atoms with van der Waals surface area (Å²) in [6.07, 6.45) is 1.26. The quantitative estimate of drug-likeness (QED) is 0.426. The maximum atomic E-state index is 13.6. The Morgan fingerprint density at radius 3 is 2.74 bits per heavy atom. The van der Waals surface area contributed by atoms with Crippen molar-refractivity contribution in [3.05, 3.63) is 35.2 Å². The largest absolute Gasteiger partial charge is 0.493 e. The van der Waals surface area contributed by atoms with Crippen LogP contribution in [0.4, 0.5) is 13.2 Å². The normalized spacial score (nSPS) is 15.9. The van der Waals surface area contributed by atoms with Crippen molar-refractivity contribution >= 4 is 17.0 Å². The lowest BCUT2D eigenvalue weighted by Gasteiger charge is -2.30. The predicted octanol–water partition coefficient (Wildman–Crippen LogP) is 4.56. The third-order valence-corrected chi connectivity index (χ3v) is 7.43. The lowest BCUT2D eigenvalue weighted by molar-refractivity contribution is -0.127. The third-order valence-electron chi connectivity index (χ3n) is 6.25. The van der Waals surface area contributed by atoms with E-state index in [0.29, 0.717) is 33.6 Å². The van der Waals surface area contributed by atoms with Crippen LogP contribution in [0.25, 0.3) is 27.6 Å². The Bertz CT molecular complexity index is 1290. The van der Waals surface area contributed by atoms with Crippen molar-refractivity contribution in [2.45, 2.75) is 38.3 Å². The Hall–Kier alpha value is -2.99. The number of alkyl halides is 3. The van der Waals surface area contributed by atoms with Crippen molar-refractivity contribution in [1.82, 2.24) is 34.7 Å². The van der Waals surface area contributed by atoms with Crippen LogP contribution in [0.5, 0.6) is 5.75 Å². The van der Waals surface area contributed by atoms with Gasteiger partial charge >= 0.3 is 6.18 Å². The van der Waals surface area contributed by atoms with Gasteiger partial charge in [0.05, 0.1) is 24.9 Å². The standard InChI is InChI=1S/C22H24F3N7OS/c1-3-31-6-4-13(5-7-31)17-10-26-21(34-17)19-15(9-22(23,24)25)18(29-30-19)14-8-16(33-2)20-27-12-28-32(20)11-14/h8,10-13H,3-7,9H2,1-2H3,(H,29,30). The molecule has 1 aliphatic rings. The number of ether oxygens (including phenoxy) is 1. The number of nitrogens with one attached hydrogen (secondary N) is 1. The molecule has 12 heteroatoms. The second kappa shape index (κ2) is 8.99. The van der Waals surface area contributed by atoms with E-state index in [4.69, 9.17) is 4.74 Å². The van der Waals surface area contributed by atoms with Gasteiger partial charge in [0.1, 0.15) is 11.3 Å². The Morgan fingerprint density at radius 2 is 2.03 bits per heavy atom. The zero-order chi connectivity index (χ0) is 23.9. The van der Waals surface area contributed by atoms with Crippen LogP contribution in [0.3, 0.4) is 0 Å². The number of H-pyrrole nitrogens is 1. The molecule has 8 nitrogen and oxygen atoms in total. The molecule has 0 aromatic carbocycles. The first-order valence-electron chi connectivity index (χ1n) is 11.1. The number of likely N-dealkylation sites (tertiary alicyclic amines) is 1. The van der Waals surface area contributed by atoms with Crippen molar-refractivity contribution in [3.63, 3.8) is 0 Å². The molecular weight excluding hydrogens is 467 g/mol. The zero-order valence-electron chi connectivity index (χ0n) is 18.8. The van der Waals surface area contributed by atoms with Gasteiger partial charge in [-0.3, -0.25) is 5.10 Å². The van der Waals surface area contributed by atoms with Gasteiger partial charge in [-0.15, -0.1) is 11.3 Å². The molecular formula is C22H24F3N7OS. The van der Waals surface area contributed by atoms with Gasteiger partial charge < -0.3 is 9.64 Å². The number of piperidine rings is 1. The lowest BCUT2D eigenvalue weighted by atomic mass is 9.96. The second-order valence-corrected chi connectivity index (χ2v) is 9.38. The summed E-state index contributed by atoms with van der Waals surface area (Å²) in [7, 11) is 1.47. The third kappa shape index (κ3) is 4.39. The van der Waals surface area contributed by atoms with Crippen LogP contribution in [0.2, 0.25) is 0 Å². The molecule has 0 unspecified atom stereocenters. The van der Waals surface area contributed by atoms with Crippen LogP contribution in [0.1, 0.15) is 36.1 Å². The van der Waals surface area contributed by atoms with Crippen LogP contribution in [-0.2, 0) is 6.42 Å². The monoisotopic (exact) mass is 491 g/mol. The molecule has 1 fully saturated rings. The Kier molecular flexibility index (Phi) is 6.02. The lowest BCUT2D eigenvalue weighted by Crippen LogP contribution is -2.32. The Morgan fingerprint density at radius 1 is 1.24 bits per heavy atom. The van der Waals surface area contributed by atoms with Gasteiger partial charge in [-0.25, -0.2) is 14.5 Å². The number of rotatable bonds is 6. The minimum atomic E-state index is -4.41. The van der Waals surface area contributed by atoms with Gasteiger partial charge in [0.2, 0.25) is 0 Å². The van der Waals surface area contributed by atoms with Gasteiger partial charge in [-0.2, -0.15) is 23.4 Å². The molecule has 4 aromatic heterocycles. The molecule has 1 aliphatic heterocycles. The van der Waals surface area contributed by atoms with Crippen LogP contribution in [0.15, 0.2) is 24.8 Å². The first-order chi connectivity index (χ1) is 16.4. The second-order valence-electron chi connectivity index (χ2n) is 8.32. The van der Waals surface area contributed by atoms with E-state index in [-0.39, 0.29) is 11.3 Å². The minimum absolute atomic E-state index is 0.0516. The van der Waals surface area contributed by atoms with Gasteiger partial charge in [-0.1, -0.05) is 6.92 Å². The molecule has 0 bridgehead atoms. The summed E-state index contributed by atoms with van der Waals surface area (Å²) in [5.74, 6) is 0.772. The number of hydrogen-bond donors (Lipinski definition) is 1. The number of aromatic nitrogens is 6. The van der Waals surface area contributed by atoms with E-state index >= 15 is 0 Å². The number of hydrogen-bond acceptors (Lipinski definition) is 7. The van der Waals surface area contributed by atoms with Crippen LogP contribution >= 0.6 is 11.3 Å². The maximum Gasteiger partial charge on any atom is 0.393 e. The van der Waals surface area contributed by atoms with E-state index in [1.165, 1.54) is 29.3 Å². The molecule has 180 valence electrons. The molecule has 1 N–H and O–H groups in total. The van der Waals surface area contributed by atoms with E-state index in [0.717, 1.165) is 37.4 Å². The number of halogens is 3. The highest BCUT2D eigenvalue weighted by molar-refractivity contribution is 7.15. The molecule has 34 heavy (non-hydrogen) atoms. The molecule has 0 aliphatic carbocycles. The molecule has 0 amide bonds. The number of pyridine rings is 1. The van der Waals surface area contributed by atoms with Crippen LogP contribution in [0, 0.1) is 0 Å². The molecule has 5 heterocycles. The number of methoxy groups -OCH3 is 1. The molecule has 5 rings (SSSR count). The fourth-order valence-corrected chi connectivity index (χ4v) is 5.56. The van der Waals surface area contributed by atoms with Gasteiger partial charge in [0, 0.05) is 28.4 Å². The molecule has 0 atom stereocenters. The summed E-state index contributed by atoms with van der Waals surface area (Å²) in [5, 5.41) is 11.7.